The lowest BCUT2D eigenvalue weighted by molar-refractivity contribution is 0.108. The Morgan fingerprint density at radius 3 is 1.30 bits per heavy atom. The second kappa shape index (κ2) is 24.2. The van der Waals surface area contributed by atoms with Crippen LogP contribution < -0.4 is 0 Å². The summed E-state index contributed by atoms with van der Waals surface area (Å²) in [6, 6.07) is 8.27. The van der Waals surface area contributed by atoms with Gasteiger partial charge in [-0.05, 0) is 44.7 Å². The Balaban J connectivity index is 0.00000235. The van der Waals surface area contributed by atoms with Crippen LogP contribution in [0, 0.1) is 6.92 Å². The van der Waals surface area contributed by atoms with Crippen molar-refractivity contribution >= 4 is 26.4 Å². The first-order valence-electron chi connectivity index (χ1n) is 14.7. The Hall–Kier alpha value is -0.890. The van der Waals surface area contributed by atoms with E-state index in [1.807, 2.05) is 12.1 Å². The van der Waals surface area contributed by atoms with E-state index in [1.165, 1.54) is 121 Å². The summed E-state index contributed by atoms with van der Waals surface area (Å²) < 4.78 is 32.8. The summed E-state index contributed by atoms with van der Waals surface area (Å²) in [5.74, 6) is 2.22. The largest absolute Gasteiger partial charge is 0.726 e. The van der Waals surface area contributed by atoms with Crippen LogP contribution in [0.4, 0.5) is 0 Å². The molecule has 37 heavy (non-hydrogen) atoms. The highest BCUT2D eigenvalue weighted by molar-refractivity contribution is 8.11. The molecule has 0 unspecified atom stereocenters. The Morgan fingerprint density at radius 1 is 0.676 bits per heavy atom. The van der Waals surface area contributed by atoms with Crippen LogP contribution in [0.2, 0.25) is 0 Å². The molecule has 0 aliphatic carbocycles. The van der Waals surface area contributed by atoms with Crippen LogP contribution in [-0.2, 0) is 21.3 Å². The van der Waals surface area contributed by atoms with Gasteiger partial charge < -0.3 is 4.55 Å². The summed E-state index contributed by atoms with van der Waals surface area (Å²) in [5, 5.41) is 0.420. The normalized spacial score (nSPS) is 11.4. The zero-order valence-electron chi connectivity index (χ0n) is 23.8. The van der Waals surface area contributed by atoms with Crippen molar-refractivity contribution in [2.75, 3.05) is 11.5 Å². The van der Waals surface area contributed by atoms with E-state index < -0.39 is 10.4 Å². The van der Waals surface area contributed by atoms with Gasteiger partial charge in [0, 0.05) is 0 Å². The second-order valence-electron chi connectivity index (χ2n) is 10.1. The lowest BCUT2D eigenvalue weighted by Gasteiger charge is -2.08. The number of carbonyl (C=O) groups is 1. The van der Waals surface area contributed by atoms with Gasteiger partial charge in [-0.1, -0.05) is 121 Å². The van der Waals surface area contributed by atoms with E-state index in [-0.39, 0.29) is 10.9 Å². The van der Waals surface area contributed by atoms with Crippen LogP contribution in [0.1, 0.15) is 145 Å². The van der Waals surface area contributed by atoms with Crippen molar-refractivity contribution < 1.29 is 22.3 Å². The molecule has 5 nitrogen and oxygen atoms in total. The minimum Gasteiger partial charge on any atom is -0.726 e. The van der Waals surface area contributed by atoms with Gasteiger partial charge in [-0.2, -0.15) is 0 Å². The summed E-state index contributed by atoms with van der Waals surface area (Å²) in [6.45, 7) is 6.66. The first-order chi connectivity index (χ1) is 17.7. The SMILES string of the molecule is CCCCCCCCCCC[S+](CCCCCCCCCCC)C(=O)c1ccc(C)cc1.O=S(=O)([O-])O. The Bertz CT molecular complexity index is 733. The molecule has 0 saturated carbocycles. The highest BCUT2D eigenvalue weighted by atomic mass is 32.3. The molecule has 0 bridgehead atoms. The van der Waals surface area contributed by atoms with Gasteiger partial charge in [0.05, 0.1) is 16.5 Å². The van der Waals surface area contributed by atoms with Gasteiger partial charge in [-0.25, -0.2) is 13.2 Å². The Morgan fingerprint density at radius 2 is 0.973 bits per heavy atom. The molecule has 0 aliphatic heterocycles. The fraction of sp³-hybridized carbons (Fsp3) is 0.767. The Kier molecular flexibility index (Phi) is 23.6. The molecule has 1 rings (SSSR count). The summed E-state index contributed by atoms with van der Waals surface area (Å²) >= 11 is 0. The van der Waals surface area contributed by atoms with Crippen molar-refractivity contribution in [1.82, 2.24) is 0 Å². The van der Waals surface area contributed by atoms with E-state index >= 15 is 0 Å². The summed E-state index contributed by atoms with van der Waals surface area (Å²) in [5.41, 5.74) is 2.17. The van der Waals surface area contributed by atoms with E-state index in [2.05, 4.69) is 32.9 Å². The fourth-order valence-corrected chi connectivity index (χ4v) is 6.47. The highest BCUT2D eigenvalue weighted by Crippen LogP contribution is 2.18. The van der Waals surface area contributed by atoms with E-state index in [0.717, 1.165) is 17.1 Å². The van der Waals surface area contributed by atoms with Crippen molar-refractivity contribution in [1.29, 1.82) is 0 Å². The number of rotatable bonds is 21. The maximum Gasteiger partial charge on any atom is 0.361 e. The van der Waals surface area contributed by atoms with E-state index in [0.29, 0.717) is 5.12 Å². The van der Waals surface area contributed by atoms with Crippen molar-refractivity contribution in [2.45, 2.75) is 136 Å². The summed E-state index contributed by atoms with van der Waals surface area (Å²) in [7, 11) is -5.01. The van der Waals surface area contributed by atoms with Crippen LogP contribution in [0.25, 0.3) is 0 Å². The average Bonchev–Trinajstić information content (AvgIpc) is 2.84. The predicted octanol–water partition coefficient (Wildman–Crippen LogP) is 8.82. The van der Waals surface area contributed by atoms with Gasteiger partial charge in [0.2, 0.25) is 10.4 Å². The van der Waals surface area contributed by atoms with Crippen LogP contribution in [0.3, 0.4) is 0 Å². The van der Waals surface area contributed by atoms with E-state index in [9.17, 15) is 4.79 Å². The topological polar surface area (TPSA) is 94.5 Å². The molecule has 0 atom stereocenters. The maximum absolute atomic E-state index is 13.2. The molecule has 0 spiro atoms. The molecule has 216 valence electrons. The maximum atomic E-state index is 13.2. The number of carbonyl (C=O) groups excluding carboxylic acids is 1. The molecule has 0 aliphatic rings. The predicted molar refractivity (Wildman–Crippen MR) is 159 cm³/mol. The van der Waals surface area contributed by atoms with Crippen LogP contribution in [-0.4, -0.2) is 34.1 Å². The van der Waals surface area contributed by atoms with Gasteiger partial charge in [0.15, 0.2) is 0 Å². The molecule has 7 heteroatoms. The molecule has 0 fully saturated rings. The Labute approximate surface area is 231 Å². The lowest BCUT2D eigenvalue weighted by atomic mass is 10.1. The number of aryl methyl sites for hydroxylation is 1. The third-order valence-electron chi connectivity index (χ3n) is 6.54. The molecule has 1 N–H and O–H groups in total. The van der Waals surface area contributed by atoms with E-state index in [1.54, 1.807) is 0 Å². The molecule has 1 aromatic carbocycles. The monoisotopic (exact) mass is 558 g/mol. The van der Waals surface area contributed by atoms with Gasteiger partial charge in [-0.15, -0.1) is 0 Å². The molecular weight excluding hydrogens is 504 g/mol. The van der Waals surface area contributed by atoms with Gasteiger partial charge in [0.25, 0.3) is 0 Å². The van der Waals surface area contributed by atoms with Gasteiger partial charge >= 0.3 is 5.12 Å². The van der Waals surface area contributed by atoms with Crippen LogP contribution in [0.15, 0.2) is 24.3 Å². The zero-order chi connectivity index (χ0) is 27.8. The van der Waals surface area contributed by atoms with Gasteiger partial charge in [-0.3, -0.25) is 4.55 Å². The average molecular weight is 559 g/mol. The molecular formula is C30H54O5S2. The number of benzene rings is 1. The number of unbranched alkanes of at least 4 members (excludes halogenated alkanes) is 16. The molecule has 0 aromatic heterocycles. The molecule has 0 saturated heterocycles. The van der Waals surface area contributed by atoms with Crippen molar-refractivity contribution in [3.05, 3.63) is 35.4 Å². The highest BCUT2D eigenvalue weighted by Gasteiger charge is 2.29. The minimum absolute atomic E-state index is 0.0887. The second-order valence-corrected chi connectivity index (χ2v) is 13.2. The first kappa shape index (κ1) is 36.1. The zero-order valence-corrected chi connectivity index (χ0v) is 25.5. The van der Waals surface area contributed by atoms with Crippen molar-refractivity contribution in [3.63, 3.8) is 0 Å². The molecule has 0 amide bonds. The first-order valence-corrected chi connectivity index (χ1v) is 17.6. The van der Waals surface area contributed by atoms with E-state index in [4.69, 9.17) is 17.5 Å². The number of hydrogen-bond donors (Lipinski definition) is 1. The van der Waals surface area contributed by atoms with Crippen LogP contribution >= 0.6 is 0 Å². The standard InChI is InChI=1S/C30H53OS.H2O4S/c1-4-6-8-10-12-14-16-18-20-26-32(30(31)29-24-22-28(3)23-25-29)27-21-19-17-15-13-11-9-7-5-2;1-5(2,3)4/h22-25H,4-21,26-27H2,1-3H3;(H2,1,2,3,4)/q+1;/p-1. The number of hydrogen-bond acceptors (Lipinski definition) is 4. The summed E-state index contributed by atoms with van der Waals surface area (Å²) in [4.78, 5) is 13.2. The quantitative estimate of drug-likeness (QED) is 0.0704. The van der Waals surface area contributed by atoms with Crippen molar-refractivity contribution in [3.8, 4) is 0 Å². The van der Waals surface area contributed by atoms with Crippen molar-refractivity contribution in [2.24, 2.45) is 0 Å². The molecule has 0 heterocycles. The third-order valence-corrected chi connectivity index (χ3v) is 8.86. The van der Waals surface area contributed by atoms with Crippen LogP contribution in [0.5, 0.6) is 0 Å². The third kappa shape index (κ3) is 25.2. The lowest BCUT2D eigenvalue weighted by Crippen LogP contribution is -2.23. The fourth-order valence-electron chi connectivity index (χ4n) is 4.32. The minimum atomic E-state index is -4.92. The molecule has 0 radical (unpaired) electrons. The smallest absolute Gasteiger partial charge is 0.361 e. The van der Waals surface area contributed by atoms with Gasteiger partial charge in [0.1, 0.15) is 11.5 Å². The molecule has 1 aromatic rings. The summed E-state index contributed by atoms with van der Waals surface area (Å²) in [6.07, 6.45) is 24.4.